The smallest absolute Gasteiger partial charge is 0.335 e. The molecule has 26 heavy (non-hydrogen) atoms. The number of ether oxygens (including phenoxy) is 1. The summed E-state index contributed by atoms with van der Waals surface area (Å²) in [6.07, 6.45) is 1.65. The van der Waals surface area contributed by atoms with Gasteiger partial charge < -0.3 is 19.7 Å². The predicted octanol–water partition coefficient (Wildman–Crippen LogP) is 1.52. The van der Waals surface area contributed by atoms with Crippen LogP contribution in [0.15, 0.2) is 41.3 Å². The van der Waals surface area contributed by atoms with Crippen molar-refractivity contribution in [3.63, 3.8) is 0 Å². The van der Waals surface area contributed by atoms with E-state index in [-0.39, 0.29) is 11.1 Å². The van der Waals surface area contributed by atoms with E-state index in [4.69, 9.17) is 9.84 Å². The molecule has 1 aliphatic heterocycles. The van der Waals surface area contributed by atoms with Crippen LogP contribution in [0, 0.1) is 0 Å². The molecular weight excluding hydrogens is 336 g/mol. The molecule has 8 nitrogen and oxygen atoms in total. The Morgan fingerprint density at radius 1 is 1.19 bits per heavy atom. The minimum absolute atomic E-state index is 0.0855. The van der Waals surface area contributed by atoms with Crippen LogP contribution in [0.2, 0.25) is 0 Å². The molecule has 4 rings (SSSR count). The van der Waals surface area contributed by atoms with Gasteiger partial charge >= 0.3 is 5.97 Å². The number of carboxylic acid groups (broad SMARTS) is 1. The first kappa shape index (κ1) is 16.2. The molecule has 2 aromatic heterocycles. The van der Waals surface area contributed by atoms with Gasteiger partial charge in [0.25, 0.3) is 5.56 Å². The number of hydrogen-bond acceptors (Lipinski definition) is 6. The van der Waals surface area contributed by atoms with Crippen LogP contribution in [-0.4, -0.2) is 52.3 Å². The molecule has 8 heteroatoms. The van der Waals surface area contributed by atoms with Gasteiger partial charge in [0.15, 0.2) is 0 Å². The number of nitrogens with one attached hydrogen (secondary N) is 1. The number of rotatable bonds is 3. The van der Waals surface area contributed by atoms with Crippen molar-refractivity contribution in [2.75, 3.05) is 31.2 Å². The zero-order valence-corrected chi connectivity index (χ0v) is 13.8. The highest BCUT2D eigenvalue weighted by atomic mass is 16.5. The van der Waals surface area contributed by atoms with Crippen LogP contribution in [0.1, 0.15) is 10.4 Å². The van der Waals surface area contributed by atoms with Gasteiger partial charge in [-0.15, -0.1) is 0 Å². The molecule has 0 aliphatic carbocycles. The lowest BCUT2D eigenvalue weighted by atomic mass is 10.1. The summed E-state index contributed by atoms with van der Waals surface area (Å²) in [5, 5.41) is 9.46. The van der Waals surface area contributed by atoms with E-state index in [0.717, 1.165) is 18.9 Å². The number of nitrogens with zero attached hydrogens (tertiary/aromatic N) is 3. The maximum absolute atomic E-state index is 12.3. The summed E-state index contributed by atoms with van der Waals surface area (Å²) in [5.74, 6) is 0.131. The van der Waals surface area contributed by atoms with Gasteiger partial charge in [0.1, 0.15) is 11.6 Å². The average molecular weight is 352 g/mol. The van der Waals surface area contributed by atoms with E-state index in [1.807, 2.05) is 12.1 Å². The molecule has 0 radical (unpaired) electrons. The number of fused-ring (bicyclic) bond motifs is 1. The lowest BCUT2D eigenvalue weighted by molar-refractivity contribution is 0.0697. The molecule has 0 bridgehead atoms. The Kier molecular flexibility index (Phi) is 4.10. The standard InChI is InChI=1S/C18H16N4O4/c23-17-13-3-1-11(18(24)25)9-14(13)20-16(21-17)12-2-4-15(19-10-12)22-5-7-26-8-6-22/h1-4,9-10H,5-8H2,(H,24,25)(H,20,21,23). The van der Waals surface area contributed by atoms with Crippen molar-refractivity contribution in [2.45, 2.75) is 0 Å². The topological polar surface area (TPSA) is 108 Å². The summed E-state index contributed by atoms with van der Waals surface area (Å²) < 4.78 is 5.33. The van der Waals surface area contributed by atoms with E-state index in [0.29, 0.717) is 35.5 Å². The molecular formula is C18H16N4O4. The highest BCUT2D eigenvalue weighted by Crippen LogP contribution is 2.20. The third kappa shape index (κ3) is 3.02. The lowest BCUT2D eigenvalue weighted by Crippen LogP contribution is -2.36. The highest BCUT2D eigenvalue weighted by molar-refractivity contribution is 5.93. The second-order valence-electron chi connectivity index (χ2n) is 5.96. The van der Waals surface area contributed by atoms with Gasteiger partial charge in [0.2, 0.25) is 0 Å². The van der Waals surface area contributed by atoms with E-state index in [1.165, 1.54) is 18.2 Å². The predicted molar refractivity (Wildman–Crippen MR) is 95.6 cm³/mol. The minimum Gasteiger partial charge on any atom is -0.478 e. The largest absolute Gasteiger partial charge is 0.478 e. The normalized spacial score (nSPS) is 14.5. The van der Waals surface area contributed by atoms with Gasteiger partial charge in [-0.2, -0.15) is 0 Å². The maximum atomic E-state index is 12.3. The zero-order chi connectivity index (χ0) is 18.1. The van der Waals surface area contributed by atoms with E-state index in [2.05, 4.69) is 19.9 Å². The van der Waals surface area contributed by atoms with E-state index in [9.17, 15) is 9.59 Å². The first-order chi connectivity index (χ1) is 12.6. The van der Waals surface area contributed by atoms with Crippen LogP contribution >= 0.6 is 0 Å². The van der Waals surface area contributed by atoms with Crippen molar-refractivity contribution in [3.8, 4) is 11.4 Å². The van der Waals surface area contributed by atoms with Crippen molar-refractivity contribution in [2.24, 2.45) is 0 Å². The highest BCUT2D eigenvalue weighted by Gasteiger charge is 2.13. The van der Waals surface area contributed by atoms with Crippen LogP contribution in [0.3, 0.4) is 0 Å². The molecule has 3 aromatic rings. The van der Waals surface area contributed by atoms with Crippen molar-refractivity contribution in [1.82, 2.24) is 15.0 Å². The minimum atomic E-state index is -1.06. The summed E-state index contributed by atoms with van der Waals surface area (Å²) in [5.41, 5.74) is 0.754. The molecule has 1 aliphatic rings. The average Bonchev–Trinajstić information content (AvgIpc) is 2.68. The summed E-state index contributed by atoms with van der Waals surface area (Å²) in [6, 6.07) is 7.96. The summed E-state index contributed by atoms with van der Waals surface area (Å²) in [6.45, 7) is 2.93. The number of morpholine rings is 1. The molecule has 2 N–H and O–H groups in total. The Labute approximate surface area is 148 Å². The van der Waals surface area contributed by atoms with Crippen molar-refractivity contribution in [1.29, 1.82) is 0 Å². The number of aromatic nitrogens is 3. The molecule has 3 heterocycles. The fourth-order valence-electron chi connectivity index (χ4n) is 2.91. The fourth-order valence-corrected chi connectivity index (χ4v) is 2.91. The number of benzene rings is 1. The van der Waals surface area contributed by atoms with Crippen LogP contribution < -0.4 is 10.5 Å². The Bertz CT molecular complexity index is 1020. The number of aromatic amines is 1. The number of carbonyl (C=O) groups is 1. The second kappa shape index (κ2) is 6.57. The second-order valence-corrected chi connectivity index (χ2v) is 5.96. The molecule has 0 spiro atoms. The first-order valence-electron chi connectivity index (χ1n) is 8.18. The van der Waals surface area contributed by atoms with Gasteiger partial charge in [-0.25, -0.2) is 14.8 Å². The van der Waals surface area contributed by atoms with Gasteiger partial charge in [-0.05, 0) is 30.3 Å². The molecule has 1 aromatic carbocycles. The molecule has 0 unspecified atom stereocenters. The van der Waals surface area contributed by atoms with Gasteiger partial charge in [0, 0.05) is 24.8 Å². The first-order valence-corrected chi connectivity index (χ1v) is 8.18. The van der Waals surface area contributed by atoms with Crippen LogP contribution in [0.4, 0.5) is 5.82 Å². The molecule has 1 fully saturated rings. The van der Waals surface area contributed by atoms with E-state index < -0.39 is 5.97 Å². The summed E-state index contributed by atoms with van der Waals surface area (Å²) in [7, 11) is 0. The number of carboxylic acids is 1. The third-order valence-corrected chi connectivity index (χ3v) is 4.31. The molecule has 132 valence electrons. The zero-order valence-electron chi connectivity index (χ0n) is 13.8. The van der Waals surface area contributed by atoms with Crippen LogP contribution in [0.5, 0.6) is 0 Å². The number of anilines is 1. The number of pyridine rings is 1. The Morgan fingerprint density at radius 2 is 2.00 bits per heavy atom. The van der Waals surface area contributed by atoms with Crippen molar-refractivity contribution < 1.29 is 14.6 Å². The van der Waals surface area contributed by atoms with E-state index in [1.54, 1.807) is 6.20 Å². The van der Waals surface area contributed by atoms with Crippen LogP contribution in [-0.2, 0) is 4.74 Å². The third-order valence-electron chi connectivity index (χ3n) is 4.31. The fraction of sp³-hybridized carbons (Fsp3) is 0.222. The Hall–Kier alpha value is -3.26. The van der Waals surface area contributed by atoms with Crippen LogP contribution in [0.25, 0.3) is 22.3 Å². The molecule has 0 amide bonds. The number of aromatic carboxylic acids is 1. The maximum Gasteiger partial charge on any atom is 0.335 e. The Morgan fingerprint density at radius 3 is 2.69 bits per heavy atom. The molecule has 0 saturated carbocycles. The quantitative estimate of drug-likeness (QED) is 0.735. The van der Waals surface area contributed by atoms with Crippen molar-refractivity contribution >= 4 is 22.7 Å². The summed E-state index contributed by atoms with van der Waals surface area (Å²) >= 11 is 0. The van der Waals surface area contributed by atoms with Gasteiger partial charge in [-0.1, -0.05) is 0 Å². The van der Waals surface area contributed by atoms with Gasteiger partial charge in [0.05, 0.1) is 29.7 Å². The molecule has 0 atom stereocenters. The number of hydrogen-bond donors (Lipinski definition) is 2. The Balaban J connectivity index is 1.71. The van der Waals surface area contributed by atoms with E-state index >= 15 is 0 Å². The van der Waals surface area contributed by atoms with Gasteiger partial charge in [-0.3, -0.25) is 4.79 Å². The SMILES string of the molecule is O=C(O)c1ccc2c(=O)[nH]c(-c3ccc(N4CCOCC4)nc3)nc2c1. The lowest BCUT2D eigenvalue weighted by Gasteiger charge is -2.27. The summed E-state index contributed by atoms with van der Waals surface area (Å²) in [4.78, 5) is 37.1. The van der Waals surface area contributed by atoms with Crippen molar-refractivity contribution in [3.05, 3.63) is 52.4 Å². The number of H-pyrrole nitrogens is 1. The monoisotopic (exact) mass is 352 g/mol. The molecule has 1 saturated heterocycles.